The summed E-state index contributed by atoms with van der Waals surface area (Å²) in [5.74, 6) is 0. The van der Waals surface area contributed by atoms with E-state index in [-0.39, 0.29) is 5.03 Å². The Morgan fingerprint density at radius 3 is 2.33 bits per heavy atom. The van der Waals surface area contributed by atoms with E-state index in [1.165, 1.54) is 0 Å². The number of rotatable bonds is 1. The van der Waals surface area contributed by atoms with Crippen LogP contribution in [0.3, 0.4) is 0 Å². The van der Waals surface area contributed by atoms with Crippen LogP contribution in [-0.4, -0.2) is 6.29 Å². The number of nitrogens with two attached hydrogens (primary N) is 1. The summed E-state index contributed by atoms with van der Waals surface area (Å²) in [7, 11) is 0. The van der Waals surface area contributed by atoms with Crippen LogP contribution in [0, 0.1) is 0 Å². The van der Waals surface area contributed by atoms with E-state index < -0.39 is 0 Å². The van der Waals surface area contributed by atoms with Gasteiger partial charge in [0.2, 0.25) is 0 Å². The van der Waals surface area contributed by atoms with E-state index in [1.54, 1.807) is 0 Å². The Balaban J connectivity index is 3.50. The first kappa shape index (κ1) is 5.50. The van der Waals surface area contributed by atoms with Gasteiger partial charge in [0.25, 0.3) is 0 Å². The summed E-state index contributed by atoms with van der Waals surface area (Å²) in [6.07, 6.45) is 1.51. The molecule has 3 heteroatoms. The fourth-order valence-electron chi connectivity index (χ4n) is 0.0393. The van der Waals surface area contributed by atoms with Crippen LogP contribution in [0.1, 0.15) is 0 Å². The molecule has 6 heavy (non-hydrogen) atoms. The molecule has 0 spiro atoms. The third-order valence-electron chi connectivity index (χ3n) is 0.272. The zero-order chi connectivity index (χ0) is 4.99. The van der Waals surface area contributed by atoms with Crippen LogP contribution in [0.5, 0.6) is 0 Å². The molecule has 0 amide bonds. The van der Waals surface area contributed by atoms with Crippen LogP contribution in [0.4, 0.5) is 0 Å². The molecule has 0 saturated carbocycles. The normalized spacial score (nSPS) is 11.2. The van der Waals surface area contributed by atoms with Crippen molar-refractivity contribution in [2.75, 3.05) is 0 Å². The molecule has 34 valence electrons. The van der Waals surface area contributed by atoms with Gasteiger partial charge in [-0.05, 0) is 0 Å². The van der Waals surface area contributed by atoms with Gasteiger partial charge >= 0.3 is 0 Å². The summed E-state index contributed by atoms with van der Waals surface area (Å²) in [5.41, 5.74) is 4.76. The molecule has 0 aromatic heterocycles. The molecule has 0 aliphatic carbocycles. The second kappa shape index (κ2) is 2.72. The topological polar surface area (TPSA) is 43.1 Å². The standard InChI is InChI=1S/C3H4ClNO/c4-3(1-5)2-6/h1-2H,5H2/b3-1-. The van der Waals surface area contributed by atoms with Gasteiger partial charge in [0.1, 0.15) is 0 Å². The quantitative estimate of drug-likeness (QED) is 0.383. The van der Waals surface area contributed by atoms with E-state index in [2.05, 4.69) is 0 Å². The average Bonchev–Trinajstić information content (AvgIpc) is 1.65. The van der Waals surface area contributed by atoms with E-state index in [0.717, 1.165) is 6.20 Å². The van der Waals surface area contributed by atoms with Gasteiger partial charge < -0.3 is 5.73 Å². The Bertz CT molecular complexity index is 78.9. The van der Waals surface area contributed by atoms with Gasteiger partial charge in [-0.2, -0.15) is 0 Å². The Labute approximate surface area is 40.6 Å². The van der Waals surface area contributed by atoms with Crippen molar-refractivity contribution in [3.8, 4) is 0 Å². The lowest BCUT2D eigenvalue weighted by molar-refractivity contribution is -0.104. The molecule has 0 aromatic carbocycles. The summed E-state index contributed by atoms with van der Waals surface area (Å²) in [6, 6.07) is 0. The second-order valence-corrected chi connectivity index (χ2v) is 1.11. The number of halogens is 1. The Hall–Kier alpha value is -0.500. The first-order valence-electron chi connectivity index (χ1n) is 1.34. The largest absolute Gasteiger partial charge is 0.403 e. The van der Waals surface area contributed by atoms with Gasteiger partial charge in [0.15, 0.2) is 6.29 Å². The van der Waals surface area contributed by atoms with Gasteiger partial charge in [-0.3, -0.25) is 4.79 Å². The molecular weight excluding hydrogens is 101 g/mol. The molecule has 0 radical (unpaired) electrons. The molecule has 0 bridgehead atoms. The molecule has 0 unspecified atom stereocenters. The summed E-state index contributed by atoms with van der Waals surface area (Å²) in [5, 5.41) is 0.0370. The number of allylic oxidation sites excluding steroid dienone is 1. The van der Waals surface area contributed by atoms with Crippen molar-refractivity contribution in [1.82, 2.24) is 0 Å². The number of hydrogen-bond donors (Lipinski definition) is 1. The lowest BCUT2D eigenvalue weighted by atomic mass is 10.7. The van der Waals surface area contributed by atoms with Crippen molar-refractivity contribution in [2.45, 2.75) is 0 Å². The lowest BCUT2D eigenvalue weighted by Crippen LogP contribution is -1.80. The third kappa shape index (κ3) is 1.79. The van der Waals surface area contributed by atoms with Crippen molar-refractivity contribution in [3.05, 3.63) is 11.2 Å². The average molecular weight is 106 g/mol. The minimum atomic E-state index is 0.0370. The molecule has 0 aromatic rings. The van der Waals surface area contributed by atoms with Crippen molar-refractivity contribution < 1.29 is 4.79 Å². The lowest BCUT2D eigenvalue weighted by Gasteiger charge is -1.70. The fraction of sp³-hybridized carbons (Fsp3) is 0. The fourth-order valence-corrected chi connectivity index (χ4v) is 0.0393. The van der Waals surface area contributed by atoms with Crippen LogP contribution < -0.4 is 5.73 Å². The van der Waals surface area contributed by atoms with Crippen LogP contribution in [-0.2, 0) is 4.79 Å². The molecule has 0 rings (SSSR count). The summed E-state index contributed by atoms with van der Waals surface area (Å²) in [6.45, 7) is 0. The van der Waals surface area contributed by atoms with Gasteiger partial charge in [0, 0.05) is 6.20 Å². The molecule has 0 aliphatic rings. The molecule has 2 N–H and O–H groups in total. The van der Waals surface area contributed by atoms with Crippen molar-refractivity contribution >= 4 is 17.9 Å². The molecule has 0 saturated heterocycles. The number of carbonyl (C=O) groups excluding carboxylic acids is 1. The van der Waals surface area contributed by atoms with Crippen molar-refractivity contribution in [2.24, 2.45) is 5.73 Å². The third-order valence-corrected chi connectivity index (χ3v) is 0.487. The molecule has 0 atom stereocenters. The van der Waals surface area contributed by atoms with Crippen molar-refractivity contribution in [3.63, 3.8) is 0 Å². The first-order valence-corrected chi connectivity index (χ1v) is 1.71. The van der Waals surface area contributed by atoms with E-state index in [4.69, 9.17) is 17.3 Å². The number of carbonyl (C=O) groups is 1. The minimum absolute atomic E-state index is 0.0370. The predicted molar refractivity (Wildman–Crippen MR) is 24.2 cm³/mol. The predicted octanol–water partition coefficient (Wildman–Crippen LogP) is 0.224. The molecule has 0 fully saturated rings. The summed E-state index contributed by atoms with van der Waals surface area (Å²) < 4.78 is 0. The molecule has 0 aliphatic heterocycles. The monoisotopic (exact) mass is 105 g/mol. The van der Waals surface area contributed by atoms with Crippen molar-refractivity contribution in [1.29, 1.82) is 0 Å². The second-order valence-electron chi connectivity index (χ2n) is 0.669. The first-order chi connectivity index (χ1) is 2.81. The van der Waals surface area contributed by atoms with Crippen LogP contribution in [0.2, 0.25) is 0 Å². The van der Waals surface area contributed by atoms with Gasteiger partial charge in [-0.25, -0.2) is 0 Å². The minimum Gasteiger partial charge on any atom is -0.403 e. The Morgan fingerprint density at radius 2 is 2.33 bits per heavy atom. The zero-order valence-corrected chi connectivity index (χ0v) is 3.77. The highest BCUT2D eigenvalue weighted by Crippen LogP contribution is 1.88. The van der Waals surface area contributed by atoms with E-state index in [9.17, 15) is 4.79 Å². The highest BCUT2D eigenvalue weighted by atomic mass is 35.5. The number of aldehydes is 1. The van der Waals surface area contributed by atoms with E-state index in [1.807, 2.05) is 0 Å². The zero-order valence-electron chi connectivity index (χ0n) is 3.02. The Morgan fingerprint density at radius 1 is 1.83 bits per heavy atom. The highest BCUT2D eigenvalue weighted by molar-refractivity contribution is 6.38. The maximum absolute atomic E-state index is 9.46. The van der Waals surface area contributed by atoms with Gasteiger partial charge in [-0.1, -0.05) is 11.6 Å². The van der Waals surface area contributed by atoms with E-state index in [0.29, 0.717) is 6.29 Å². The molecule has 2 nitrogen and oxygen atoms in total. The van der Waals surface area contributed by atoms with Crippen LogP contribution in [0.15, 0.2) is 11.2 Å². The van der Waals surface area contributed by atoms with Gasteiger partial charge in [-0.15, -0.1) is 0 Å². The smallest absolute Gasteiger partial charge is 0.162 e. The van der Waals surface area contributed by atoms with Crippen LogP contribution in [0.25, 0.3) is 0 Å². The van der Waals surface area contributed by atoms with Gasteiger partial charge in [0.05, 0.1) is 5.03 Å². The highest BCUT2D eigenvalue weighted by Gasteiger charge is 1.77. The van der Waals surface area contributed by atoms with E-state index >= 15 is 0 Å². The Kier molecular flexibility index (Phi) is 2.50. The van der Waals surface area contributed by atoms with Crippen LogP contribution >= 0.6 is 11.6 Å². The number of hydrogen-bond acceptors (Lipinski definition) is 2. The molecule has 0 heterocycles. The summed E-state index contributed by atoms with van der Waals surface area (Å²) in [4.78, 5) is 9.46. The molecular formula is C3H4ClNO. The summed E-state index contributed by atoms with van der Waals surface area (Å²) >= 11 is 5.02. The maximum Gasteiger partial charge on any atom is 0.162 e. The maximum atomic E-state index is 9.46. The SMILES string of the molecule is N/C=C(\Cl)C=O.